The molecule has 1 aliphatic rings. The third kappa shape index (κ3) is 6.72. The van der Waals surface area contributed by atoms with E-state index in [0.717, 1.165) is 12.8 Å². The maximum atomic E-state index is 11.9. The predicted molar refractivity (Wildman–Crippen MR) is 72.7 cm³/mol. The Balaban J connectivity index is 2.17. The Hall–Kier alpha value is -1.34. The number of nitrogens with one attached hydrogen (secondary N) is 1. The Morgan fingerprint density at radius 3 is 2.95 bits per heavy atom. The number of hydrogen-bond donors (Lipinski definition) is 2. The Bertz CT molecular complexity index is 311. The summed E-state index contributed by atoms with van der Waals surface area (Å²) in [5.74, 6) is -0.915. The molecule has 20 heavy (non-hydrogen) atoms. The van der Waals surface area contributed by atoms with E-state index in [9.17, 15) is 9.59 Å². The van der Waals surface area contributed by atoms with Crippen molar-refractivity contribution in [3.63, 3.8) is 0 Å². The van der Waals surface area contributed by atoms with Gasteiger partial charge in [0, 0.05) is 26.2 Å². The molecule has 0 aromatic heterocycles. The van der Waals surface area contributed by atoms with Gasteiger partial charge in [-0.2, -0.15) is 0 Å². The lowest BCUT2D eigenvalue weighted by molar-refractivity contribution is -0.141. The first-order valence-corrected chi connectivity index (χ1v) is 7.07. The normalized spacial score (nSPS) is 18.9. The number of amides is 2. The average molecular weight is 288 g/mol. The molecule has 7 heteroatoms. The van der Waals surface area contributed by atoms with Gasteiger partial charge < -0.3 is 24.8 Å². The van der Waals surface area contributed by atoms with Crippen LogP contribution < -0.4 is 5.32 Å². The second kappa shape index (κ2) is 9.55. The summed E-state index contributed by atoms with van der Waals surface area (Å²) in [6, 6.07) is -0.192. The van der Waals surface area contributed by atoms with Crippen LogP contribution in [0, 0.1) is 0 Å². The third-order valence-electron chi connectivity index (χ3n) is 2.99. The van der Waals surface area contributed by atoms with E-state index in [1.54, 1.807) is 4.90 Å². The van der Waals surface area contributed by atoms with Gasteiger partial charge in [-0.05, 0) is 6.42 Å². The number of nitrogens with zero attached hydrogens (tertiary/aromatic N) is 1. The first kappa shape index (κ1) is 16.7. The lowest BCUT2D eigenvalue weighted by atomic mass is 10.2. The van der Waals surface area contributed by atoms with E-state index in [-0.39, 0.29) is 12.5 Å². The van der Waals surface area contributed by atoms with Gasteiger partial charge in [-0.3, -0.25) is 4.79 Å². The van der Waals surface area contributed by atoms with Crippen molar-refractivity contribution in [1.82, 2.24) is 10.2 Å². The number of rotatable bonds is 8. The van der Waals surface area contributed by atoms with Gasteiger partial charge in [0.25, 0.3) is 0 Å². The van der Waals surface area contributed by atoms with Crippen molar-refractivity contribution in [3.8, 4) is 0 Å². The molecule has 0 aromatic rings. The van der Waals surface area contributed by atoms with E-state index in [1.165, 1.54) is 0 Å². The summed E-state index contributed by atoms with van der Waals surface area (Å²) in [6.45, 7) is 4.94. The number of carboxylic acid groups (broad SMARTS) is 1. The molecule has 0 bridgehead atoms. The number of unbranched alkanes of at least 4 members (excludes halogenated alkanes) is 1. The summed E-state index contributed by atoms with van der Waals surface area (Å²) in [6.07, 6.45) is 1.61. The first-order valence-electron chi connectivity index (χ1n) is 7.07. The van der Waals surface area contributed by atoms with Gasteiger partial charge in [0.15, 0.2) is 0 Å². The zero-order chi connectivity index (χ0) is 14.8. The van der Waals surface area contributed by atoms with Crippen molar-refractivity contribution in [2.45, 2.75) is 32.3 Å². The average Bonchev–Trinajstić information content (AvgIpc) is 2.42. The molecule has 2 N–H and O–H groups in total. The highest BCUT2D eigenvalue weighted by molar-refractivity contribution is 5.74. The Morgan fingerprint density at radius 1 is 1.45 bits per heavy atom. The van der Waals surface area contributed by atoms with E-state index in [4.69, 9.17) is 14.6 Å². The van der Waals surface area contributed by atoms with Crippen LogP contribution in [0.15, 0.2) is 0 Å². The number of aliphatic carboxylic acids is 1. The van der Waals surface area contributed by atoms with Crippen molar-refractivity contribution >= 4 is 12.0 Å². The van der Waals surface area contributed by atoms with Crippen molar-refractivity contribution in [2.24, 2.45) is 0 Å². The van der Waals surface area contributed by atoms with Gasteiger partial charge in [0.1, 0.15) is 0 Å². The Labute approximate surface area is 119 Å². The van der Waals surface area contributed by atoms with Gasteiger partial charge in [0.2, 0.25) is 0 Å². The first-order chi connectivity index (χ1) is 9.63. The molecule has 1 saturated heterocycles. The molecule has 1 atom stereocenters. The molecule has 1 aliphatic heterocycles. The molecule has 7 nitrogen and oxygen atoms in total. The van der Waals surface area contributed by atoms with Gasteiger partial charge >= 0.3 is 12.0 Å². The fourth-order valence-electron chi connectivity index (χ4n) is 1.91. The standard InChI is InChI=1S/C13H24N2O5/c1-2-3-6-19-7-4-14-13(18)15-5-8-20-11(10-15)9-12(16)17/h11H,2-10H2,1H3,(H,14,18)(H,16,17). The number of urea groups is 1. The zero-order valence-electron chi connectivity index (χ0n) is 12.0. The maximum absolute atomic E-state index is 11.9. The van der Waals surface area contributed by atoms with Crippen LogP contribution in [-0.2, 0) is 14.3 Å². The number of carboxylic acids is 1. The van der Waals surface area contributed by atoms with E-state index >= 15 is 0 Å². The molecular weight excluding hydrogens is 264 g/mol. The molecule has 1 rings (SSSR count). The van der Waals surface area contributed by atoms with E-state index in [2.05, 4.69) is 12.2 Å². The summed E-state index contributed by atoms with van der Waals surface area (Å²) in [5, 5.41) is 11.5. The molecule has 0 saturated carbocycles. The van der Waals surface area contributed by atoms with Gasteiger partial charge in [-0.1, -0.05) is 13.3 Å². The van der Waals surface area contributed by atoms with Crippen LogP contribution in [0.25, 0.3) is 0 Å². The zero-order valence-corrected chi connectivity index (χ0v) is 12.0. The van der Waals surface area contributed by atoms with Crippen LogP contribution in [-0.4, -0.2) is 67.6 Å². The highest BCUT2D eigenvalue weighted by atomic mass is 16.5. The van der Waals surface area contributed by atoms with Crippen LogP contribution in [0.2, 0.25) is 0 Å². The molecule has 0 radical (unpaired) electrons. The van der Waals surface area contributed by atoms with E-state index in [1.807, 2.05) is 0 Å². The minimum absolute atomic E-state index is 0.0795. The summed E-state index contributed by atoms with van der Waals surface area (Å²) in [7, 11) is 0. The molecule has 2 amide bonds. The molecule has 1 fully saturated rings. The Morgan fingerprint density at radius 2 is 2.25 bits per heavy atom. The topological polar surface area (TPSA) is 88.1 Å². The van der Waals surface area contributed by atoms with E-state index < -0.39 is 12.1 Å². The SMILES string of the molecule is CCCCOCCNC(=O)N1CCOC(CC(=O)O)C1. The van der Waals surface area contributed by atoms with Crippen LogP contribution >= 0.6 is 0 Å². The largest absolute Gasteiger partial charge is 0.481 e. The third-order valence-corrected chi connectivity index (χ3v) is 2.99. The molecular formula is C13H24N2O5. The molecule has 116 valence electrons. The number of ether oxygens (including phenoxy) is 2. The number of carbonyl (C=O) groups is 2. The fraction of sp³-hybridized carbons (Fsp3) is 0.846. The monoisotopic (exact) mass is 288 g/mol. The van der Waals surface area contributed by atoms with Crippen molar-refractivity contribution in [3.05, 3.63) is 0 Å². The van der Waals surface area contributed by atoms with Crippen molar-refractivity contribution < 1.29 is 24.2 Å². The second-order valence-corrected chi connectivity index (χ2v) is 4.73. The highest BCUT2D eigenvalue weighted by Crippen LogP contribution is 2.08. The summed E-state index contributed by atoms with van der Waals surface area (Å²) in [4.78, 5) is 24.1. The lowest BCUT2D eigenvalue weighted by Gasteiger charge is -2.32. The highest BCUT2D eigenvalue weighted by Gasteiger charge is 2.25. The number of hydrogen-bond acceptors (Lipinski definition) is 4. The number of morpholine rings is 1. The molecule has 0 aliphatic carbocycles. The van der Waals surface area contributed by atoms with Crippen molar-refractivity contribution in [1.29, 1.82) is 0 Å². The van der Waals surface area contributed by atoms with Gasteiger partial charge in [0.05, 0.1) is 25.7 Å². The van der Waals surface area contributed by atoms with E-state index in [0.29, 0.717) is 39.5 Å². The molecule has 1 heterocycles. The minimum atomic E-state index is -0.915. The van der Waals surface area contributed by atoms with Crippen LogP contribution in [0.4, 0.5) is 4.79 Å². The van der Waals surface area contributed by atoms with Crippen LogP contribution in [0.3, 0.4) is 0 Å². The van der Waals surface area contributed by atoms with Crippen LogP contribution in [0.5, 0.6) is 0 Å². The minimum Gasteiger partial charge on any atom is -0.481 e. The van der Waals surface area contributed by atoms with Gasteiger partial charge in [-0.25, -0.2) is 4.79 Å². The summed E-state index contributed by atoms with van der Waals surface area (Å²) in [5.41, 5.74) is 0. The number of carbonyl (C=O) groups excluding carboxylic acids is 1. The maximum Gasteiger partial charge on any atom is 0.317 e. The van der Waals surface area contributed by atoms with Crippen LogP contribution in [0.1, 0.15) is 26.2 Å². The quantitative estimate of drug-likeness (QED) is 0.642. The Kier molecular flexibility index (Phi) is 7.98. The van der Waals surface area contributed by atoms with Gasteiger partial charge in [-0.15, -0.1) is 0 Å². The van der Waals surface area contributed by atoms with Crippen molar-refractivity contribution in [2.75, 3.05) is 39.5 Å². The molecule has 0 spiro atoms. The molecule has 1 unspecified atom stereocenters. The predicted octanol–water partition coefficient (Wildman–Crippen LogP) is 0.688. The fourth-order valence-corrected chi connectivity index (χ4v) is 1.91. The smallest absolute Gasteiger partial charge is 0.317 e. The second-order valence-electron chi connectivity index (χ2n) is 4.73. The summed E-state index contributed by atoms with van der Waals surface area (Å²) < 4.78 is 10.7. The molecule has 0 aromatic carbocycles. The summed E-state index contributed by atoms with van der Waals surface area (Å²) >= 11 is 0. The lowest BCUT2D eigenvalue weighted by Crippen LogP contribution is -2.50.